The van der Waals surface area contributed by atoms with Crippen molar-refractivity contribution in [3.05, 3.63) is 23.8 Å². The van der Waals surface area contributed by atoms with Crippen LogP contribution in [0.1, 0.15) is 43.0 Å². The third-order valence-corrected chi connectivity index (χ3v) is 4.61. The molecule has 1 saturated carbocycles. The van der Waals surface area contributed by atoms with Gasteiger partial charge in [-0.2, -0.15) is 0 Å². The fourth-order valence-electron chi connectivity index (χ4n) is 2.63. The van der Waals surface area contributed by atoms with Crippen LogP contribution in [-0.4, -0.2) is 25.6 Å². The molecule has 1 aromatic rings. The number of carboxylic acid groups (broad SMARTS) is 1. The highest BCUT2D eigenvalue weighted by molar-refractivity contribution is 7.89. The number of nitrogens with two attached hydrogens (primary N) is 1. The first-order valence-electron chi connectivity index (χ1n) is 6.84. The van der Waals surface area contributed by atoms with Crippen molar-refractivity contribution in [1.29, 1.82) is 0 Å². The molecule has 1 aliphatic carbocycles. The van der Waals surface area contributed by atoms with E-state index in [4.69, 9.17) is 15.0 Å². The van der Waals surface area contributed by atoms with Gasteiger partial charge in [-0.15, -0.1) is 0 Å². The molecule has 2 atom stereocenters. The maximum atomic E-state index is 11.6. The van der Waals surface area contributed by atoms with Crippen molar-refractivity contribution in [2.24, 2.45) is 11.1 Å². The molecule has 0 heterocycles. The van der Waals surface area contributed by atoms with Crippen LogP contribution < -0.4 is 9.88 Å². The average molecular weight is 313 g/mol. The zero-order valence-electron chi connectivity index (χ0n) is 11.8. The summed E-state index contributed by atoms with van der Waals surface area (Å²) in [6.07, 6.45) is 3.81. The molecule has 0 radical (unpaired) electrons. The van der Waals surface area contributed by atoms with Gasteiger partial charge in [-0.3, -0.25) is 0 Å². The van der Waals surface area contributed by atoms with E-state index in [1.807, 2.05) is 0 Å². The maximum absolute atomic E-state index is 11.6. The quantitative estimate of drug-likeness (QED) is 0.884. The second-order valence-electron chi connectivity index (χ2n) is 5.52. The molecule has 2 unspecified atom stereocenters. The van der Waals surface area contributed by atoms with Crippen molar-refractivity contribution in [2.45, 2.75) is 43.6 Å². The largest absolute Gasteiger partial charge is 0.489 e. The van der Waals surface area contributed by atoms with Crippen molar-refractivity contribution in [2.75, 3.05) is 0 Å². The summed E-state index contributed by atoms with van der Waals surface area (Å²) in [6.45, 7) is 2.13. The number of hydrogen-bond donors (Lipinski definition) is 2. The van der Waals surface area contributed by atoms with Gasteiger partial charge in [0.25, 0.3) is 0 Å². The van der Waals surface area contributed by atoms with Crippen LogP contribution in [0, 0.1) is 5.92 Å². The summed E-state index contributed by atoms with van der Waals surface area (Å²) in [5.74, 6) is -0.556. The van der Waals surface area contributed by atoms with Crippen LogP contribution in [0.4, 0.5) is 0 Å². The van der Waals surface area contributed by atoms with E-state index in [1.54, 1.807) is 0 Å². The summed E-state index contributed by atoms with van der Waals surface area (Å²) < 4.78 is 29.0. The standard InChI is InChI=1S/C14H19NO5S/c1-9-3-2-4-11(7-9)20-12-6-5-10(14(16)17)8-13(12)21(15,18)19/h5-6,8-9,11H,2-4,7H2,1H3,(H,16,17)(H2,15,18,19). The molecule has 0 spiro atoms. The summed E-state index contributed by atoms with van der Waals surface area (Å²) in [5.41, 5.74) is -0.136. The summed E-state index contributed by atoms with van der Waals surface area (Å²) in [5, 5.41) is 14.1. The Kier molecular flexibility index (Phi) is 4.53. The molecule has 7 heteroatoms. The van der Waals surface area contributed by atoms with Gasteiger partial charge in [-0.05, 0) is 43.4 Å². The molecule has 116 valence electrons. The number of carboxylic acids is 1. The Morgan fingerprint density at radius 3 is 2.67 bits per heavy atom. The van der Waals surface area contributed by atoms with Gasteiger partial charge in [0.15, 0.2) is 0 Å². The number of rotatable bonds is 4. The van der Waals surface area contributed by atoms with Gasteiger partial charge in [0, 0.05) is 0 Å². The minimum absolute atomic E-state index is 0.0649. The average Bonchev–Trinajstić information content (AvgIpc) is 2.37. The van der Waals surface area contributed by atoms with E-state index < -0.39 is 16.0 Å². The van der Waals surface area contributed by atoms with Crippen molar-refractivity contribution >= 4 is 16.0 Å². The van der Waals surface area contributed by atoms with E-state index in [2.05, 4.69) is 6.92 Å². The fraction of sp³-hybridized carbons (Fsp3) is 0.500. The van der Waals surface area contributed by atoms with Crippen molar-refractivity contribution in [3.63, 3.8) is 0 Å². The van der Waals surface area contributed by atoms with E-state index in [-0.39, 0.29) is 22.3 Å². The van der Waals surface area contributed by atoms with Gasteiger partial charge in [0.05, 0.1) is 11.7 Å². The molecule has 0 aromatic heterocycles. The molecule has 0 bridgehead atoms. The highest BCUT2D eigenvalue weighted by Crippen LogP contribution is 2.31. The third-order valence-electron chi connectivity index (χ3n) is 3.68. The third kappa shape index (κ3) is 3.95. The maximum Gasteiger partial charge on any atom is 0.335 e. The van der Waals surface area contributed by atoms with Crippen LogP contribution in [0.5, 0.6) is 5.75 Å². The lowest BCUT2D eigenvalue weighted by Gasteiger charge is -2.28. The van der Waals surface area contributed by atoms with Crippen LogP contribution in [0.3, 0.4) is 0 Å². The number of ether oxygens (including phenoxy) is 1. The van der Waals surface area contributed by atoms with Gasteiger partial charge in [-0.25, -0.2) is 18.4 Å². The van der Waals surface area contributed by atoms with Crippen molar-refractivity contribution in [1.82, 2.24) is 0 Å². The van der Waals surface area contributed by atoms with Crippen LogP contribution in [0.25, 0.3) is 0 Å². The molecule has 2 rings (SSSR count). The van der Waals surface area contributed by atoms with Gasteiger partial charge in [-0.1, -0.05) is 13.3 Å². The van der Waals surface area contributed by atoms with E-state index in [9.17, 15) is 13.2 Å². The van der Waals surface area contributed by atoms with E-state index in [0.29, 0.717) is 5.92 Å². The Hall–Kier alpha value is -1.60. The number of carbonyl (C=O) groups is 1. The van der Waals surface area contributed by atoms with Crippen LogP contribution in [-0.2, 0) is 10.0 Å². The second kappa shape index (κ2) is 6.03. The van der Waals surface area contributed by atoms with Crippen LogP contribution in [0.15, 0.2) is 23.1 Å². The zero-order chi connectivity index (χ0) is 15.6. The predicted octanol–water partition coefficient (Wildman–Crippen LogP) is 1.99. The van der Waals surface area contributed by atoms with Crippen molar-refractivity contribution < 1.29 is 23.1 Å². The predicted molar refractivity (Wildman–Crippen MR) is 76.8 cm³/mol. The Morgan fingerprint density at radius 1 is 1.38 bits per heavy atom. The lowest BCUT2D eigenvalue weighted by molar-refractivity contribution is 0.0696. The van der Waals surface area contributed by atoms with Crippen LogP contribution >= 0.6 is 0 Å². The summed E-state index contributed by atoms with van der Waals surface area (Å²) in [7, 11) is -4.04. The number of hydrogen-bond acceptors (Lipinski definition) is 4. The monoisotopic (exact) mass is 313 g/mol. The van der Waals surface area contributed by atoms with Gasteiger partial charge in [0.1, 0.15) is 10.6 Å². The first kappa shape index (κ1) is 15.8. The molecule has 0 aliphatic heterocycles. The minimum atomic E-state index is -4.04. The Balaban J connectivity index is 2.32. The smallest absolute Gasteiger partial charge is 0.335 e. The topological polar surface area (TPSA) is 107 Å². The molecular weight excluding hydrogens is 294 g/mol. The SMILES string of the molecule is CC1CCCC(Oc2ccc(C(=O)O)cc2S(N)(=O)=O)C1. The van der Waals surface area contributed by atoms with Crippen LogP contribution in [0.2, 0.25) is 0 Å². The molecule has 6 nitrogen and oxygen atoms in total. The summed E-state index contributed by atoms with van der Waals surface area (Å²) in [4.78, 5) is 10.7. The number of aromatic carboxylic acids is 1. The first-order valence-corrected chi connectivity index (χ1v) is 8.39. The summed E-state index contributed by atoms with van der Waals surface area (Å²) >= 11 is 0. The highest BCUT2D eigenvalue weighted by Gasteiger charge is 2.24. The lowest BCUT2D eigenvalue weighted by atomic mass is 9.89. The lowest BCUT2D eigenvalue weighted by Crippen LogP contribution is -2.25. The second-order valence-corrected chi connectivity index (χ2v) is 7.05. The Morgan fingerprint density at radius 2 is 2.10 bits per heavy atom. The number of benzene rings is 1. The fourth-order valence-corrected chi connectivity index (χ4v) is 3.31. The Labute approximate surface area is 124 Å². The number of sulfonamides is 1. The van der Waals surface area contributed by atoms with Gasteiger partial charge >= 0.3 is 5.97 Å². The number of primary sulfonamides is 1. The van der Waals surface area contributed by atoms with Crippen molar-refractivity contribution in [3.8, 4) is 5.75 Å². The van der Waals surface area contributed by atoms with E-state index in [1.165, 1.54) is 12.1 Å². The highest BCUT2D eigenvalue weighted by atomic mass is 32.2. The molecule has 1 fully saturated rings. The van der Waals surface area contributed by atoms with Gasteiger partial charge < -0.3 is 9.84 Å². The molecule has 1 aliphatic rings. The molecule has 1 aromatic carbocycles. The summed E-state index contributed by atoms with van der Waals surface area (Å²) in [6, 6.07) is 3.72. The Bertz CT molecular complexity index is 641. The minimum Gasteiger partial charge on any atom is -0.489 e. The van der Waals surface area contributed by atoms with E-state index in [0.717, 1.165) is 31.7 Å². The molecule has 3 N–H and O–H groups in total. The first-order chi connectivity index (χ1) is 9.77. The molecule has 0 amide bonds. The van der Waals surface area contributed by atoms with E-state index >= 15 is 0 Å². The zero-order valence-corrected chi connectivity index (χ0v) is 12.6. The molecule has 21 heavy (non-hydrogen) atoms. The normalized spacial score (nSPS) is 22.8. The molecular formula is C14H19NO5S. The van der Waals surface area contributed by atoms with Gasteiger partial charge in [0.2, 0.25) is 10.0 Å². The molecule has 0 saturated heterocycles.